The van der Waals surface area contributed by atoms with Gasteiger partial charge >= 0.3 is 0 Å². The third kappa shape index (κ3) is 4.14. The fourth-order valence-electron chi connectivity index (χ4n) is 2.89. The third-order valence-electron chi connectivity index (χ3n) is 4.78. The highest BCUT2D eigenvalue weighted by molar-refractivity contribution is 7.99. The van der Waals surface area contributed by atoms with E-state index in [9.17, 15) is 0 Å². The van der Waals surface area contributed by atoms with Crippen LogP contribution in [0.15, 0.2) is 0 Å². The Morgan fingerprint density at radius 3 is 2.50 bits per heavy atom. The van der Waals surface area contributed by atoms with E-state index in [1.54, 1.807) is 0 Å². The van der Waals surface area contributed by atoms with Gasteiger partial charge in [0.2, 0.25) is 0 Å². The van der Waals surface area contributed by atoms with Crippen molar-refractivity contribution in [3.8, 4) is 0 Å². The van der Waals surface area contributed by atoms with Gasteiger partial charge in [-0.25, -0.2) is 0 Å². The first-order valence-electron chi connectivity index (χ1n) is 7.62. The molecule has 1 aliphatic heterocycles. The van der Waals surface area contributed by atoms with E-state index in [0.717, 1.165) is 11.3 Å². The highest BCUT2D eigenvalue weighted by Gasteiger charge is 2.35. The molecule has 1 fully saturated rings. The van der Waals surface area contributed by atoms with Crippen LogP contribution in [-0.4, -0.2) is 47.6 Å². The number of rotatable bonds is 7. The van der Waals surface area contributed by atoms with E-state index in [1.807, 2.05) is 11.8 Å². The molecule has 1 rings (SSSR count). The molecule has 2 atom stereocenters. The molecular weight excluding hydrogens is 240 g/mol. The molecule has 3 heteroatoms. The number of nitrogens with zero attached hydrogens (tertiary/aromatic N) is 1. The first-order valence-corrected chi connectivity index (χ1v) is 8.91. The second kappa shape index (κ2) is 7.76. The number of hydrogen-bond donors (Lipinski definition) is 1. The van der Waals surface area contributed by atoms with Crippen molar-refractivity contribution in [2.45, 2.75) is 70.2 Å². The molecule has 108 valence electrons. The summed E-state index contributed by atoms with van der Waals surface area (Å²) in [4.78, 5) is 2.75. The van der Waals surface area contributed by atoms with Gasteiger partial charge in [-0.3, -0.25) is 4.90 Å². The second-order valence-electron chi connectivity index (χ2n) is 5.74. The van der Waals surface area contributed by atoms with Crippen LogP contribution in [0.4, 0.5) is 0 Å². The van der Waals surface area contributed by atoms with Crippen LogP contribution in [0.25, 0.3) is 0 Å². The van der Waals surface area contributed by atoms with Crippen molar-refractivity contribution in [2.24, 2.45) is 0 Å². The van der Waals surface area contributed by atoms with E-state index in [0.29, 0.717) is 5.54 Å². The van der Waals surface area contributed by atoms with Crippen molar-refractivity contribution in [3.05, 3.63) is 0 Å². The number of nitrogens with one attached hydrogen (secondary N) is 1. The zero-order chi connectivity index (χ0) is 13.6. The lowest BCUT2D eigenvalue weighted by Crippen LogP contribution is -2.63. The normalized spacial score (nSPS) is 26.2. The first kappa shape index (κ1) is 16.3. The molecular formula is C15H32N2S. The lowest BCUT2D eigenvalue weighted by atomic mass is 9.88. The summed E-state index contributed by atoms with van der Waals surface area (Å²) in [6.45, 7) is 13.0. The molecule has 0 spiro atoms. The predicted molar refractivity (Wildman–Crippen MR) is 84.6 cm³/mol. The minimum absolute atomic E-state index is 0.369. The summed E-state index contributed by atoms with van der Waals surface area (Å²) in [6, 6.07) is 0.741. The maximum Gasteiger partial charge on any atom is 0.0304 e. The largest absolute Gasteiger partial charge is 0.308 e. The molecule has 1 N–H and O–H groups in total. The SMILES string of the molecule is CCC1CNC(CC)(CC)CN1CCC(C)SC. The fourth-order valence-corrected chi connectivity index (χ4v) is 3.23. The number of piperazine rings is 1. The third-order valence-corrected chi connectivity index (χ3v) is 5.83. The topological polar surface area (TPSA) is 15.3 Å². The molecule has 0 aromatic rings. The van der Waals surface area contributed by atoms with Crippen LogP contribution < -0.4 is 5.32 Å². The van der Waals surface area contributed by atoms with E-state index in [-0.39, 0.29) is 0 Å². The molecule has 1 aliphatic rings. The van der Waals surface area contributed by atoms with E-state index in [2.05, 4.69) is 44.2 Å². The molecule has 0 aromatic heterocycles. The van der Waals surface area contributed by atoms with Gasteiger partial charge in [0.1, 0.15) is 0 Å². The summed E-state index contributed by atoms with van der Waals surface area (Å²) in [5.41, 5.74) is 0.369. The Hall–Kier alpha value is 0.270. The van der Waals surface area contributed by atoms with Gasteiger partial charge in [-0.15, -0.1) is 0 Å². The maximum absolute atomic E-state index is 3.82. The van der Waals surface area contributed by atoms with Crippen molar-refractivity contribution in [1.29, 1.82) is 0 Å². The predicted octanol–water partition coefficient (Wildman–Crippen LogP) is 3.37. The average molecular weight is 273 g/mol. The average Bonchev–Trinajstić information content (AvgIpc) is 2.44. The van der Waals surface area contributed by atoms with Crippen LogP contribution in [0.2, 0.25) is 0 Å². The molecule has 18 heavy (non-hydrogen) atoms. The van der Waals surface area contributed by atoms with E-state index < -0.39 is 0 Å². The lowest BCUT2D eigenvalue weighted by Gasteiger charge is -2.47. The van der Waals surface area contributed by atoms with Crippen LogP contribution in [0.1, 0.15) is 53.4 Å². The van der Waals surface area contributed by atoms with Crippen molar-refractivity contribution in [2.75, 3.05) is 25.9 Å². The molecule has 0 saturated carbocycles. The van der Waals surface area contributed by atoms with E-state index in [1.165, 1.54) is 45.3 Å². The van der Waals surface area contributed by atoms with Gasteiger partial charge in [-0.1, -0.05) is 27.7 Å². The number of hydrogen-bond acceptors (Lipinski definition) is 3. The highest BCUT2D eigenvalue weighted by Crippen LogP contribution is 2.24. The van der Waals surface area contributed by atoms with Crippen molar-refractivity contribution < 1.29 is 0 Å². The summed E-state index contributed by atoms with van der Waals surface area (Å²) in [7, 11) is 0. The van der Waals surface area contributed by atoms with Crippen LogP contribution in [0, 0.1) is 0 Å². The van der Waals surface area contributed by atoms with Gasteiger partial charge in [0.15, 0.2) is 0 Å². The summed E-state index contributed by atoms with van der Waals surface area (Å²) in [6.07, 6.45) is 7.30. The maximum atomic E-state index is 3.82. The molecule has 0 bridgehead atoms. The molecule has 0 aliphatic carbocycles. The molecule has 2 unspecified atom stereocenters. The van der Waals surface area contributed by atoms with Crippen molar-refractivity contribution >= 4 is 11.8 Å². The van der Waals surface area contributed by atoms with Gasteiger partial charge < -0.3 is 5.32 Å². The lowest BCUT2D eigenvalue weighted by molar-refractivity contribution is 0.0698. The van der Waals surface area contributed by atoms with E-state index >= 15 is 0 Å². The standard InChI is InChI=1S/C15H32N2S/c1-6-14-11-16-15(7-2,8-3)12-17(14)10-9-13(4)18-5/h13-14,16H,6-12H2,1-5H3. The summed E-state index contributed by atoms with van der Waals surface area (Å²) < 4.78 is 0. The van der Waals surface area contributed by atoms with Crippen LogP contribution in [-0.2, 0) is 0 Å². The zero-order valence-corrected chi connectivity index (χ0v) is 13.8. The summed E-state index contributed by atoms with van der Waals surface area (Å²) >= 11 is 1.99. The fraction of sp³-hybridized carbons (Fsp3) is 1.00. The van der Waals surface area contributed by atoms with Crippen LogP contribution in [0.5, 0.6) is 0 Å². The van der Waals surface area contributed by atoms with Crippen LogP contribution >= 0.6 is 11.8 Å². The Morgan fingerprint density at radius 1 is 1.33 bits per heavy atom. The first-order chi connectivity index (χ1) is 8.60. The Morgan fingerprint density at radius 2 is 2.00 bits per heavy atom. The zero-order valence-electron chi connectivity index (χ0n) is 13.0. The minimum atomic E-state index is 0.369. The molecule has 1 heterocycles. The summed E-state index contributed by atoms with van der Waals surface area (Å²) in [5, 5.41) is 4.60. The Balaban J connectivity index is 2.58. The molecule has 2 nitrogen and oxygen atoms in total. The van der Waals surface area contributed by atoms with Gasteiger partial charge in [0.25, 0.3) is 0 Å². The molecule has 0 radical (unpaired) electrons. The Bertz CT molecular complexity index is 229. The smallest absolute Gasteiger partial charge is 0.0304 e. The Kier molecular flexibility index (Phi) is 7.04. The van der Waals surface area contributed by atoms with E-state index in [4.69, 9.17) is 0 Å². The monoisotopic (exact) mass is 272 g/mol. The second-order valence-corrected chi connectivity index (χ2v) is 7.01. The summed E-state index contributed by atoms with van der Waals surface area (Å²) in [5.74, 6) is 0. The van der Waals surface area contributed by atoms with Gasteiger partial charge in [-0.2, -0.15) is 11.8 Å². The molecule has 0 aromatic carbocycles. The number of thioether (sulfide) groups is 1. The molecule has 1 saturated heterocycles. The van der Waals surface area contributed by atoms with Crippen LogP contribution in [0.3, 0.4) is 0 Å². The van der Waals surface area contributed by atoms with Gasteiger partial charge in [0.05, 0.1) is 0 Å². The van der Waals surface area contributed by atoms with Crippen molar-refractivity contribution in [1.82, 2.24) is 10.2 Å². The van der Waals surface area contributed by atoms with Gasteiger partial charge in [-0.05, 0) is 38.5 Å². The Labute approximate surface area is 118 Å². The quantitative estimate of drug-likeness (QED) is 0.765. The van der Waals surface area contributed by atoms with Crippen molar-refractivity contribution in [3.63, 3.8) is 0 Å². The van der Waals surface area contributed by atoms with Gasteiger partial charge in [0, 0.05) is 29.9 Å². The molecule has 0 amide bonds. The minimum Gasteiger partial charge on any atom is -0.308 e. The highest BCUT2D eigenvalue weighted by atomic mass is 32.2.